The minimum absolute atomic E-state index is 0.0356. The van der Waals surface area contributed by atoms with Crippen LogP contribution in [0.2, 0.25) is 0 Å². The van der Waals surface area contributed by atoms with Crippen LogP contribution in [0, 0.1) is 6.92 Å². The Hall–Kier alpha value is -2.87. The highest BCUT2D eigenvalue weighted by atomic mass is 32.2. The van der Waals surface area contributed by atoms with Gasteiger partial charge >= 0.3 is 5.97 Å². The second-order valence-corrected chi connectivity index (χ2v) is 10.5. The molecular weight excluding hydrogens is 430 g/mol. The third kappa shape index (κ3) is 4.37. The largest absolute Gasteiger partial charge is 0.450 e. The molecule has 0 bridgehead atoms. The van der Waals surface area contributed by atoms with Crippen LogP contribution >= 0.6 is 0 Å². The molecule has 0 N–H and O–H groups in total. The van der Waals surface area contributed by atoms with Crippen molar-refractivity contribution in [3.63, 3.8) is 0 Å². The maximum Gasteiger partial charge on any atom is 0.375 e. The van der Waals surface area contributed by atoms with Crippen LogP contribution in [0.4, 0.5) is 0 Å². The molecule has 0 spiro atoms. The number of benzene rings is 2. The second kappa shape index (κ2) is 8.94. The van der Waals surface area contributed by atoms with Gasteiger partial charge in [-0.1, -0.05) is 49.7 Å². The predicted octanol–water partition coefficient (Wildman–Crippen LogP) is 3.87. The van der Waals surface area contributed by atoms with Crippen molar-refractivity contribution in [1.29, 1.82) is 0 Å². The van der Waals surface area contributed by atoms with E-state index in [4.69, 9.17) is 9.15 Å². The fraction of sp³-hybridized carbons (Fsp3) is 0.417. The van der Waals surface area contributed by atoms with Crippen molar-refractivity contribution in [1.82, 2.24) is 4.90 Å². The molecule has 1 aliphatic rings. The first-order valence-corrected chi connectivity index (χ1v) is 12.7. The van der Waals surface area contributed by atoms with Crippen LogP contribution in [0.3, 0.4) is 0 Å². The SMILES string of the molecule is CCCCN(C(=O)COC(=O)c1oc2c(ccc3ccccc32)c1C)C1CCS(=O)(=O)C1. The number of fused-ring (bicyclic) bond motifs is 3. The maximum absolute atomic E-state index is 12.8. The highest BCUT2D eigenvalue weighted by molar-refractivity contribution is 7.91. The minimum atomic E-state index is -3.13. The van der Waals surface area contributed by atoms with Gasteiger partial charge in [-0.3, -0.25) is 4.79 Å². The maximum atomic E-state index is 12.8. The van der Waals surface area contributed by atoms with Crippen LogP contribution in [-0.4, -0.2) is 55.9 Å². The summed E-state index contributed by atoms with van der Waals surface area (Å²) in [5.74, 6) is -0.961. The number of amides is 1. The van der Waals surface area contributed by atoms with Gasteiger partial charge in [0.15, 0.2) is 16.4 Å². The van der Waals surface area contributed by atoms with Gasteiger partial charge in [-0.15, -0.1) is 0 Å². The molecule has 0 saturated carbocycles. The Balaban J connectivity index is 1.51. The molecule has 1 saturated heterocycles. The van der Waals surface area contributed by atoms with Crippen molar-refractivity contribution in [2.45, 2.75) is 39.2 Å². The minimum Gasteiger partial charge on any atom is -0.450 e. The lowest BCUT2D eigenvalue weighted by atomic mass is 10.1. The van der Waals surface area contributed by atoms with Gasteiger partial charge in [-0.2, -0.15) is 0 Å². The summed E-state index contributed by atoms with van der Waals surface area (Å²) in [6, 6.07) is 11.3. The molecular formula is C24H27NO6S. The highest BCUT2D eigenvalue weighted by Crippen LogP contribution is 2.32. The molecule has 170 valence electrons. The van der Waals surface area contributed by atoms with Gasteiger partial charge < -0.3 is 14.1 Å². The first kappa shape index (κ1) is 22.3. The average Bonchev–Trinajstić information content (AvgIpc) is 3.31. The Labute approximate surface area is 187 Å². The number of carbonyl (C=O) groups is 2. The van der Waals surface area contributed by atoms with Gasteiger partial charge in [0.25, 0.3) is 5.91 Å². The zero-order valence-electron chi connectivity index (χ0n) is 18.3. The topological polar surface area (TPSA) is 93.9 Å². The van der Waals surface area contributed by atoms with Crippen molar-refractivity contribution in [2.75, 3.05) is 24.7 Å². The Morgan fingerprint density at radius 1 is 1.16 bits per heavy atom. The van der Waals surface area contributed by atoms with Gasteiger partial charge in [0.05, 0.1) is 11.5 Å². The van der Waals surface area contributed by atoms with E-state index in [1.807, 2.05) is 43.3 Å². The quantitative estimate of drug-likeness (QED) is 0.500. The number of nitrogens with zero attached hydrogens (tertiary/aromatic N) is 1. The highest BCUT2D eigenvalue weighted by Gasteiger charge is 2.34. The average molecular weight is 458 g/mol. The normalized spacial score (nSPS) is 17.6. The number of hydrogen-bond donors (Lipinski definition) is 0. The van der Waals surface area contributed by atoms with E-state index in [2.05, 4.69) is 0 Å². The van der Waals surface area contributed by atoms with E-state index in [0.717, 1.165) is 29.0 Å². The molecule has 1 atom stereocenters. The number of sulfone groups is 1. The Bertz CT molecular complexity index is 1280. The van der Waals surface area contributed by atoms with Crippen LogP contribution in [0.1, 0.15) is 42.3 Å². The first-order chi connectivity index (χ1) is 15.3. The molecule has 1 aliphatic heterocycles. The molecule has 0 radical (unpaired) electrons. The lowest BCUT2D eigenvalue weighted by molar-refractivity contribution is -0.136. The smallest absolute Gasteiger partial charge is 0.375 e. The summed E-state index contributed by atoms with van der Waals surface area (Å²) in [6.07, 6.45) is 2.04. The monoisotopic (exact) mass is 457 g/mol. The van der Waals surface area contributed by atoms with Crippen LogP contribution in [0.15, 0.2) is 40.8 Å². The van der Waals surface area contributed by atoms with Crippen LogP contribution in [0.25, 0.3) is 21.7 Å². The lowest BCUT2D eigenvalue weighted by Gasteiger charge is -2.28. The molecule has 32 heavy (non-hydrogen) atoms. The number of unbranched alkanes of at least 4 members (excludes halogenated alkanes) is 1. The molecule has 2 heterocycles. The first-order valence-electron chi connectivity index (χ1n) is 10.9. The fourth-order valence-corrected chi connectivity index (χ4v) is 6.01. The molecule has 4 rings (SSSR count). The zero-order valence-corrected chi connectivity index (χ0v) is 19.1. The number of ether oxygens (including phenoxy) is 1. The molecule has 0 aliphatic carbocycles. The number of hydrogen-bond acceptors (Lipinski definition) is 6. The van der Waals surface area contributed by atoms with Gasteiger partial charge in [0.2, 0.25) is 5.76 Å². The van der Waals surface area contributed by atoms with E-state index in [1.165, 1.54) is 0 Å². The second-order valence-electron chi connectivity index (χ2n) is 8.29. The summed E-state index contributed by atoms with van der Waals surface area (Å²) in [6.45, 7) is 3.79. The molecule has 8 heteroatoms. The molecule has 3 aromatic rings. The third-order valence-electron chi connectivity index (χ3n) is 6.06. The van der Waals surface area contributed by atoms with E-state index in [1.54, 1.807) is 11.8 Å². The molecule has 1 unspecified atom stereocenters. The molecule has 1 aromatic heterocycles. The van der Waals surface area contributed by atoms with E-state index in [0.29, 0.717) is 24.1 Å². The van der Waals surface area contributed by atoms with Crippen molar-refractivity contribution < 1.29 is 27.2 Å². The molecule has 1 amide bonds. The Morgan fingerprint density at radius 3 is 2.66 bits per heavy atom. The lowest BCUT2D eigenvalue weighted by Crippen LogP contribution is -2.43. The van der Waals surface area contributed by atoms with Gasteiger partial charge in [-0.05, 0) is 25.2 Å². The third-order valence-corrected chi connectivity index (χ3v) is 7.81. The summed E-state index contributed by atoms with van der Waals surface area (Å²) in [5, 5.41) is 2.72. The molecule has 7 nitrogen and oxygen atoms in total. The number of carbonyl (C=O) groups excluding carboxylic acids is 2. The summed E-state index contributed by atoms with van der Waals surface area (Å²) in [7, 11) is -3.13. The Kier molecular flexibility index (Phi) is 6.24. The Morgan fingerprint density at radius 2 is 1.94 bits per heavy atom. The standard InChI is InChI=1S/C24H27NO6S/c1-3-4-12-25(18-11-13-32(28,29)15-18)21(26)14-30-24(27)22-16(2)19-10-9-17-7-5-6-8-20(17)23(19)31-22/h5-10,18H,3-4,11-15H2,1-2H3. The van der Waals surface area contributed by atoms with Crippen molar-refractivity contribution >= 4 is 43.5 Å². The van der Waals surface area contributed by atoms with E-state index in [-0.39, 0.29) is 29.2 Å². The predicted molar refractivity (Wildman–Crippen MR) is 122 cm³/mol. The van der Waals surface area contributed by atoms with E-state index < -0.39 is 22.4 Å². The van der Waals surface area contributed by atoms with Crippen LogP contribution in [-0.2, 0) is 19.4 Å². The summed E-state index contributed by atoms with van der Waals surface area (Å²) < 4.78 is 34.9. The number of esters is 1. The van der Waals surface area contributed by atoms with E-state index in [9.17, 15) is 18.0 Å². The molecule has 2 aromatic carbocycles. The van der Waals surface area contributed by atoms with Crippen molar-refractivity contribution in [3.05, 3.63) is 47.7 Å². The van der Waals surface area contributed by atoms with Gasteiger partial charge in [0, 0.05) is 28.9 Å². The number of rotatable bonds is 7. The summed E-state index contributed by atoms with van der Waals surface area (Å²) in [5.41, 5.74) is 1.27. The van der Waals surface area contributed by atoms with Crippen molar-refractivity contribution in [3.8, 4) is 0 Å². The van der Waals surface area contributed by atoms with E-state index >= 15 is 0 Å². The van der Waals surface area contributed by atoms with Gasteiger partial charge in [0.1, 0.15) is 5.58 Å². The van der Waals surface area contributed by atoms with Crippen molar-refractivity contribution in [2.24, 2.45) is 0 Å². The number of furan rings is 1. The zero-order chi connectivity index (χ0) is 22.9. The summed E-state index contributed by atoms with van der Waals surface area (Å²) >= 11 is 0. The van der Waals surface area contributed by atoms with Crippen LogP contribution in [0.5, 0.6) is 0 Å². The number of aryl methyl sites for hydroxylation is 1. The summed E-state index contributed by atoms with van der Waals surface area (Å²) in [4.78, 5) is 27.1. The van der Waals surface area contributed by atoms with Crippen LogP contribution < -0.4 is 0 Å². The molecule has 1 fully saturated rings. The fourth-order valence-electron chi connectivity index (χ4n) is 4.28. The van der Waals surface area contributed by atoms with Gasteiger partial charge in [-0.25, -0.2) is 13.2 Å².